The first kappa shape index (κ1) is 20.2. The Hall–Kier alpha value is -2.56. The van der Waals surface area contributed by atoms with Crippen molar-refractivity contribution < 1.29 is 0 Å². The van der Waals surface area contributed by atoms with Crippen LogP contribution in [0.5, 0.6) is 0 Å². The molecule has 2 heterocycles. The molecular formula is C24H30N4. The van der Waals surface area contributed by atoms with E-state index < -0.39 is 0 Å². The molecule has 0 bridgehead atoms. The lowest BCUT2D eigenvalue weighted by molar-refractivity contribution is 0.246. The average Bonchev–Trinajstić information content (AvgIpc) is 2.71. The zero-order valence-corrected chi connectivity index (χ0v) is 16.9. The predicted molar refractivity (Wildman–Crippen MR) is 116 cm³/mol. The number of rotatable bonds is 9. The summed E-state index contributed by atoms with van der Waals surface area (Å²) in [7, 11) is 0. The molecule has 3 aromatic rings. The van der Waals surface area contributed by atoms with Crippen molar-refractivity contribution in [1.29, 1.82) is 0 Å². The number of hydrogen-bond donors (Lipinski definition) is 1. The Bertz CT molecular complexity index is 877. The first-order chi connectivity index (χ1) is 13.7. The van der Waals surface area contributed by atoms with Gasteiger partial charge in [0.1, 0.15) is 0 Å². The molecule has 0 saturated heterocycles. The van der Waals surface area contributed by atoms with E-state index in [9.17, 15) is 0 Å². The van der Waals surface area contributed by atoms with Crippen LogP contribution in [-0.2, 0) is 13.1 Å². The SMILES string of the molecule is Cc1cnc(CN(CCCCN)Cc2ncccc2-c2ccccc2)c(C)c1. The second-order valence-corrected chi connectivity index (χ2v) is 7.35. The fraction of sp³-hybridized carbons (Fsp3) is 0.333. The van der Waals surface area contributed by atoms with Crippen LogP contribution in [0.2, 0.25) is 0 Å². The number of aryl methyl sites for hydroxylation is 2. The van der Waals surface area contributed by atoms with Gasteiger partial charge in [-0.15, -0.1) is 0 Å². The van der Waals surface area contributed by atoms with E-state index in [1.807, 2.05) is 24.5 Å². The molecule has 146 valence electrons. The van der Waals surface area contributed by atoms with Gasteiger partial charge in [0.15, 0.2) is 0 Å². The lowest BCUT2D eigenvalue weighted by Crippen LogP contribution is -2.26. The Kier molecular flexibility index (Phi) is 7.29. The van der Waals surface area contributed by atoms with Gasteiger partial charge in [-0.2, -0.15) is 0 Å². The highest BCUT2D eigenvalue weighted by Crippen LogP contribution is 2.24. The number of aromatic nitrogens is 2. The van der Waals surface area contributed by atoms with Crippen molar-refractivity contribution in [3.05, 3.63) is 83.4 Å². The van der Waals surface area contributed by atoms with Crippen molar-refractivity contribution >= 4 is 0 Å². The number of nitrogens with zero attached hydrogens (tertiary/aromatic N) is 3. The van der Waals surface area contributed by atoms with Crippen LogP contribution in [0, 0.1) is 13.8 Å². The Balaban J connectivity index is 1.83. The first-order valence-corrected chi connectivity index (χ1v) is 10.0. The standard InChI is InChI=1S/C24H30N4/c1-19-15-20(2)23(27-16-19)17-28(14-7-6-12-25)18-24-22(11-8-13-26-24)21-9-4-3-5-10-21/h3-5,8-11,13,15-16H,6-7,12,14,17-18,25H2,1-2H3. The average molecular weight is 375 g/mol. The van der Waals surface area contributed by atoms with Gasteiger partial charge in [-0.25, -0.2) is 0 Å². The molecule has 4 heteroatoms. The van der Waals surface area contributed by atoms with Crippen molar-refractivity contribution in [1.82, 2.24) is 14.9 Å². The summed E-state index contributed by atoms with van der Waals surface area (Å²) in [6.07, 6.45) is 5.95. The summed E-state index contributed by atoms with van der Waals surface area (Å²) in [5.41, 5.74) is 12.8. The Labute approximate surface area is 168 Å². The molecule has 0 fully saturated rings. The van der Waals surface area contributed by atoms with Crippen LogP contribution in [0.3, 0.4) is 0 Å². The van der Waals surface area contributed by atoms with Crippen molar-refractivity contribution in [2.45, 2.75) is 39.8 Å². The first-order valence-electron chi connectivity index (χ1n) is 10.0. The van der Waals surface area contributed by atoms with E-state index >= 15 is 0 Å². The van der Waals surface area contributed by atoms with Gasteiger partial charge >= 0.3 is 0 Å². The van der Waals surface area contributed by atoms with Gasteiger partial charge in [0.05, 0.1) is 11.4 Å². The van der Waals surface area contributed by atoms with Gasteiger partial charge in [0.25, 0.3) is 0 Å². The fourth-order valence-electron chi connectivity index (χ4n) is 3.47. The summed E-state index contributed by atoms with van der Waals surface area (Å²) in [4.78, 5) is 11.8. The molecule has 0 aliphatic heterocycles. The summed E-state index contributed by atoms with van der Waals surface area (Å²) in [6, 6.07) is 16.9. The van der Waals surface area contributed by atoms with Crippen LogP contribution >= 0.6 is 0 Å². The van der Waals surface area contributed by atoms with E-state index in [0.29, 0.717) is 0 Å². The van der Waals surface area contributed by atoms with E-state index in [1.54, 1.807) is 0 Å². The minimum absolute atomic E-state index is 0.731. The maximum absolute atomic E-state index is 5.72. The molecule has 2 N–H and O–H groups in total. The third-order valence-corrected chi connectivity index (χ3v) is 4.97. The number of unbranched alkanes of at least 4 members (excludes halogenated alkanes) is 1. The van der Waals surface area contributed by atoms with Crippen molar-refractivity contribution in [3.63, 3.8) is 0 Å². The Morgan fingerprint density at radius 2 is 1.68 bits per heavy atom. The molecule has 28 heavy (non-hydrogen) atoms. The van der Waals surface area contributed by atoms with Gasteiger partial charge in [-0.1, -0.05) is 42.5 Å². The maximum Gasteiger partial charge on any atom is 0.0622 e. The number of hydrogen-bond acceptors (Lipinski definition) is 4. The van der Waals surface area contributed by atoms with Gasteiger partial charge < -0.3 is 5.73 Å². The third kappa shape index (κ3) is 5.47. The minimum Gasteiger partial charge on any atom is -0.330 e. The molecule has 0 saturated carbocycles. The molecule has 0 atom stereocenters. The lowest BCUT2D eigenvalue weighted by atomic mass is 10.0. The molecule has 0 aliphatic rings. The van der Waals surface area contributed by atoms with Gasteiger partial charge in [-0.3, -0.25) is 14.9 Å². The van der Waals surface area contributed by atoms with Gasteiger partial charge in [0.2, 0.25) is 0 Å². The molecule has 3 rings (SSSR count). The number of pyridine rings is 2. The highest BCUT2D eigenvalue weighted by molar-refractivity contribution is 5.65. The molecule has 0 amide bonds. The molecule has 0 spiro atoms. The monoisotopic (exact) mass is 374 g/mol. The summed E-state index contributed by atoms with van der Waals surface area (Å²) in [5.74, 6) is 0. The van der Waals surface area contributed by atoms with E-state index in [-0.39, 0.29) is 0 Å². The van der Waals surface area contributed by atoms with Crippen molar-refractivity contribution in [2.24, 2.45) is 5.73 Å². The van der Waals surface area contributed by atoms with Crippen LogP contribution in [-0.4, -0.2) is 28.0 Å². The normalized spacial score (nSPS) is 11.1. The second-order valence-electron chi connectivity index (χ2n) is 7.35. The molecular weight excluding hydrogens is 344 g/mol. The van der Waals surface area contributed by atoms with Crippen molar-refractivity contribution in [2.75, 3.05) is 13.1 Å². The molecule has 1 aromatic carbocycles. The van der Waals surface area contributed by atoms with E-state index in [1.165, 1.54) is 22.3 Å². The number of nitrogens with two attached hydrogens (primary N) is 1. The molecule has 0 unspecified atom stereocenters. The van der Waals surface area contributed by atoms with Crippen LogP contribution in [0.25, 0.3) is 11.1 Å². The smallest absolute Gasteiger partial charge is 0.0622 e. The van der Waals surface area contributed by atoms with Gasteiger partial charge in [-0.05, 0) is 62.5 Å². The molecule has 4 nitrogen and oxygen atoms in total. The van der Waals surface area contributed by atoms with Crippen LogP contribution in [0.1, 0.15) is 35.4 Å². The summed E-state index contributed by atoms with van der Waals surface area (Å²) >= 11 is 0. The summed E-state index contributed by atoms with van der Waals surface area (Å²) in [6.45, 7) is 7.56. The highest BCUT2D eigenvalue weighted by atomic mass is 15.1. The maximum atomic E-state index is 5.72. The zero-order chi connectivity index (χ0) is 19.8. The predicted octanol–water partition coefficient (Wildman–Crippen LogP) is 4.50. The fourth-order valence-corrected chi connectivity index (χ4v) is 3.47. The molecule has 0 radical (unpaired) electrons. The highest BCUT2D eigenvalue weighted by Gasteiger charge is 2.14. The van der Waals surface area contributed by atoms with E-state index in [0.717, 1.165) is 50.4 Å². The van der Waals surface area contributed by atoms with Crippen LogP contribution in [0.4, 0.5) is 0 Å². The van der Waals surface area contributed by atoms with E-state index in [4.69, 9.17) is 10.7 Å². The lowest BCUT2D eigenvalue weighted by Gasteiger charge is -2.23. The van der Waals surface area contributed by atoms with Crippen molar-refractivity contribution in [3.8, 4) is 11.1 Å². The topological polar surface area (TPSA) is 55.0 Å². The minimum atomic E-state index is 0.731. The Morgan fingerprint density at radius 1 is 0.893 bits per heavy atom. The van der Waals surface area contributed by atoms with Crippen LogP contribution < -0.4 is 5.73 Å². The van der Waals surface area contributed by atoms with Gasteiger partial charge in [0, 0.05) is 31.0 Å². The zero-order valence-electron chi connectivity index (χ0n) is 16.9. The number of benzene rings is 1. The summed E-state index contributed by atoms with van der Waals surface area (Å²) < 4.78 is 0. The second kappa shape index (κ2) is 10.1. The summed E-state index contributed by atoms with van der Waals surface area (Å²) in [5, 5.41) is 0. The van der Waals surface area contributed by atoms with E-state index in [2.05, 4.69) is 60.1 Å². The largest absolute Gasteiger partial charge is 0.330 e. The Morgan fingerprint density at radius 3 is 2.43 bits per heavy atom. The van der Waals surface area contributed by atoms with Crippen LogP contribution in [0.15, 0.2) is 60.9 Å². The third-order valence-electron chi connectivity index (χ3n) is 4.97. The quantitative estimate of drug-likeness (QED) is 0.560. The molecule has 2 aromatic heterocycles. The molecule has 0 aliphatic carbocycles.